The third-order valence-electron chi connectivity index (χ3n) is 15.9. The molecule has 0 radical (unpaired) electrons. The van der Waals surface area contributed by atoms with E-state index in [1.807, 2.05) is 0 Å². The van der Waals surface area contributed by atoms with Crippen molar-refractivity contribution in [2.24, 2.45) is 5.92 Å². The minimum atomic E-state index is -1.60. The van der Waals surface area contributed by atoms with Crippen LogP contribution in [0.4, 0.5) is 5.82 Å². The Hall–Kier alpha value is -2.83. The highest BCUT2D eigenvalue weighted by Crippen LogP contribution is 2.29. The Kier molecular flexibility index (Phi) is 45.5. The summed E-state index contributed by atoms with van der Waals surface area (Å²) in [6.07, 6.45) is 45.3. The van der Waals surface area contributed by atoms with Crippen LogP contribution < -0.4 is 10.6 Å². The number of carboxylic acid groups (broad SMARTS) is 2. The van der Waals surface area contributed by atoms with E-state index in [0.717, 1.165) is 81.1 Å². The average molecular weight is 1140 g/mol. The normalized spacial score (nSPS) is 18.2. The number of carboxylic acids is 2. The number of aliphatic hydroxyl groups excluding tert-OH is 4. The fraction of sp³-hybridized carbons (Fsp3) is 0.903. The van der Waals surface area contributed by atoms with Crippen molar-refractivity contribution in [2.45, 2.75) is 333 Å². The summed E-state index contributed by atoms with van der Waals surface area (Å²) < 4.78 is 6.78. The maximum atomic E-state index is 14.0. The van der Waals surface area contributed by atoms with Crippen molar-refractivity contribution in [3.8, 4) is 0 Å². The molecule has 0 spiro atoms. The zero-order chi connectivity index (χ0) is 57.4. The largest absolute Gasteiger partial charge is 0.481 e. The zero-order valence-electron chi connectivity index (χ0n) is 49.5. The summed E-state index contributed by atoms with van der Waals surface area (Å²) in [5, 5.41) is 72.6. The van der Waals surface area contributed by atoms with Crippen molar-refractivity contribution in [1.82, 2.24) is 20.3 Å². The van der Waals surface area contributed by atoms with Gasteiger partial charge in [-0.2, -0.15) is 11.8 Å². The van der Waals surface area contributed by atoms with E-state index in [1.165, 1.54) is 205 Å². The van der Waals surface area contributed by atoms with E-state index < -0.39 is 61.1 Å². The first-order valence-electron chi connectivity index (χ1n) is 32.3. The molecule has 79 heavy (non-hydrogen) atoms. The van der Waals surface area contributed by atoms with Gasteiger partial charge in [0.15, 0.2) is 12.0 Å². The number of nitrogens with zero attached hydrogens (tertiary/aromatic N) is 3. The predicted octanol–water partition coefficient (Wildman–Crippen LogP) is 13.8. The Bertz CT molecular complexity index is 1640. The second-order valence-corrected chi connectivity index (χ2v) is 24.3. The summed E-state index contributed by atoms with van der Waals surface area (Å²) in [6.45, 7) is 1.66. The first kappa shape index (κ1) is 72.3. The molecule has 0 aliphatic carbocycles. The van der Waals surface area contributed by atoms with E-state index in [2.05, 4.69) is 27.9 Å². The van der Waals surface area contributed by atoms with E-state index in [4.69, 9.17) is 14.9 Å². The van der Waals surface area contributed by atoms with E-state index in [1.54, 1.807) is 11.8 Å². The van der Waals surface area contributed by atoms with Gasteiger partial charge in [-0.1, -0.05) is 250 Å². The number of amides is 2. The second-order valence-electron chi connectivity index (χ2n) is 23.2. The van der Waals surface area contributed by atoms with Crippen LogP contribution in [0.25, 0.3) is 0 Å². The summed E-state index contributed by atoms with van der Waals surface area (Å²) in [4.78, 5) is 48.9. The number of ether oxygens (including phenoxy) is 1. The van der Waals surface area contributed by atoms with Crippen LogP contribution in [0.1, 0.15) is 302 Å². The Balaban J connectivity index is 1.93. The van der Waals surface area contributed by atoms with Gasteiger partial charge >= 0.3 is 11.9 Å². The van der Waals surface area contributed by atoms with E-state index in [0.29, 0.717) is 18.1 Å². The van der Waals surface area contributed by atoms with Crippen LogP contribution in [0.3, 0.4) is 0 Å². The molecule has 1 aliphatic heterocycles. The molecule has 16 nitrogen and oxygen atoms in total. The number of aliphatic carboxylic acids is 2. The maximum absolute atomic E-state index is 14.0. The minimum Gasteiger partial charge on any atom is -0.481 e. The number of hydrogen-bond donors (Lipinski definition) is 8. The summed E-state index contributed by atoms with van der Waals surface area (Å²) in [5.41, 5.74) is 0. The highest BCUT2D eigenvalue weighted by molar-refractivity contribution is 7.99. The van der Waals surface area contributed by atoms with Crippen molar-refractivity contribution in [3.63, 3.8) is 0 Å². The SMILES string of the molecule is CCCCCCCCCCCCCCCC(=O)N[C@H](CSC[C@H](CCCCCCCCCCCCCCCCC(=O)O)CCCCCCCCCCCCCCCC(=O)O)C(=O)Nc1cn(C2OC(CO)C(O)C(O)C2O)nn1. The van der Waals surface area contributed by atoms with E-state index >= 15 is 0 Å². The molecule has 1 fully saturated rings. The smallest absolute Gasteiger partial charge is 0.303 e. The molecule has 1 aromatic heterocycles. The highest BCUT2D eigenvalue weighted by Gasteiger charge is 2.45. The molecule has 0 saturated carbocycles. The van der Waals surface area contributed by atoms with Gasteiger partial charge in [0.1, 0.15) is 30.5 Å². The Morgan fingerprint density at radius 2 is 0.911 bits per heavy atom. The molecule has 17 heteroatoms. The van der Waals surface area contributed by atoms with Crippen molar-refractivity contribution in [2.75, 3.05) is 23.4 Å². The van der Waals surface area contributed by atoms with Crippen molar-refractivity contribution >= 4 is 41.3 Å². The third kappa shape index (κ3) is 38.6. The van der Waals surface area contributed by atoms with Crippen LogP contribution in [0.15, 0.2) is 6.20 Å². The van der Waals surface area contributed by atoms with Crippen LogP contribution in [0, 0.1) is 5.92 Å². The van der Waals surface area contributed by atoms with Gasteiger partial charge in [-0.25, -0.2) is 4.68 Å². The maximum Gasteiger partial charge on any atom is 0.303 e. The van der Waals surface area contributed by atoms with Gasteiger partial charge in [0, 0.05) is 25.0 Å². The van der Waals surface area contributed by atoms with Crippen molar-refractivity contribution in [3.05, 3.63) is 6.20 Å². The first-order valence-corrected chi connectivity index (χ1v) is 33.5. The van der Waals surface area contributed by atoms with Gasteiger partial charge < -0.3 is 46.0 Å². The average Bonchev–Trinajstić information content (AvgIpc) is 3.93. The number of carbonyl (C=O) groups excluding carboxylic acids is 2. The highest BCUT2D eigenvalue weighted by atomic mass is 32.2. The lowest BCUT2D eigenvalue weighted by atomic mass is 9.95. The number of anilines is 1. The minimum absolute atomic E-state index is 0.0700. The molecule has 0 bridgehead atoms. The van der Waals surface area contributed by atoms with Crippen LogP contribution in [0.2, 0.25) is 0 Å². The number of nitrogens with one attached hydrogen (secondary N) is 2. The van der Waals surface area contributed by atoms with Crippen LogP contribution >= 0.6 is 11.8 Å². The lowest BCUT2D eigenvalue weighted by Gasteiger charge is -2.39. The lowest BCUT2D eigenvalue weighted by Crippen LogP contribution is -2.56. The van der Waals surface area contributed by atoms with Gasteiger partial charge in [0.05, 0.1) is 12.8 Å². The van der Waals surface area contributed by atoms with Gasteiger partial charge in [-0.15, -0.1) is 5.10 Å². The third-order valence-corrected chi connectivity index (χ3v) is 17.2. The summed E-state index contributed by atoms with van der Waals surface area (Å²) in [5.74, 6) is -0.108. The molecule has 1 aliphatic rings. The molecular weight excluding hydrogens is 1020 g/mol. The number of hydrogen-bond acceptors (Lipinski definition) is 12. The molecule has 2 rings (SSSR count). The quantitative estimate of drug-likeness (QED) is 0.0283. The standard InChI is InChI=1S/C62H115N5O11S/c1-2-3-4-5-6-7-8-12-19-24-29-34-39-44-55(69)63-52(61(77)64-54-47-67(66-65-54)62-60(76)59(75)58(74)53(48-68)78-62)50-79-49-51(43-38-33-28-23-18-14-11-16-21-26-31-36-41-46-57(72)73)42-37-32-27-22-17-13-9-10-15-20-25-30-35-40-45-56(70)71/h47,51-53,58-60,62,68,74-76H,2-46,48-50H2,1H3,(H,63,69)(H,64,77)(H,70,71)(H,72,73)/t51-,52-,53?,58?,59?,60?,62?/m1/s1. The molecule has 460 valence electrons. The summed E-state index contributed by atoms with van der Waals surface area (Å²) in [6, 6.07) is -0.822. The Morgan fingerprint density at radius 3 is 1.30 bits per heavy atom. The lowest BCUT2D eigenvalue weighted by molar-refractivity contribution is -0.254. The number of aromatic nitrogens is 3. The summed E-state index contributed by atoms with van der Waals surface area (Å²) >= 11 is 1.72. The van der Waals surface area contributed by atoms with Crippen molar-refractivity contribution < 1.29 is 54.6 Å². The van der Waals surface area contributed by atoms with Crippen molar-refractivity contribution in [1.29, 1.82) is 0 Å². The molecule has 1 aromatic rings. The number of carbonyl (C=O) groups is 4. The van der Waals surface area contributed by atoms with Gasteiger partial charge in [0.2, 0.25) is 11.8 Å². The molecule has 7 atom stereocenters. The number of rotatable bonds is 56. The van der Waals surface area contributed by atoms with Crippen LogP contribution in [0.5, 0.6) is 0 Å². The molecule has 5 unspecified atom stereocenters. The fourth-order valence-corrected chi connectivity index (χ4v) is 12.1. The monoisotopic (exact) mass is 1140 g/mol. The summed E-state index contributed by atoms with van der Waals surface area (Å²) in [7, 11) is 0. The Morgan fingerprint density at radius 1 is 0.532 bits per heavy atom. The number of aliphatic hydroxyl groups is 4. The van der Waals surface area contributed by atoms with Crippen LogP contribution in [-0.2, 0) is 23.9 Å². The van der Waals surface area contributed by atoms with E-state index in [-0.39, 0.29) is 24.6 Å². The van der Waals surface area contributed by atoms with Crippen LogP contribution in [-0.4, -0.2) is 118 Å². The molecule has 0 aromatic carbocycles. The first-order chi connectivity index (χ1) is 38.5. The molecule has 1 saturated heterocycles. The zero-order valence-corrected chi connectivity index (χ0v) is 50.4. The van der Waals surface area contributed by atoms with Gasteiger partial charge in [-0.05, 0) is 43.8 Å². The molecule has 8 N–H and O–H groups in total. The molecular formula is C62H115N5O11S. The van der Waals surface area contributed by atoms with Gasteiger partial charge in [-0.3, -0.25) is 19.2 Å². The number of unbranched alkanes of at least 4 members (excludes halogenated alkanes) is 37. The topological polar surface area (TPSA) is 254 Å². The number of thioether (sulfide) groups is 1. The Labute approximate surface area is 482 Å². The fourth-order valence-electron chi connectivity index (χ4n) is 10.9. The van der Waals surface area contributed by atoms with Gasteiger partial charge in [0.25, 0.3) is 0 Å². The predicted molar refractivity (Wildman–Crippen MR) is 319 cm³/mol. The second kappa shape index (κ2) is 49.8. The molecule has 2 heterocycles. The molecule has 2 amide bonds. The van der Waals surface area contributed by atoms with E-state index in [9.17, 15) is 39.6 Å².